The first-order valence-electron chi connectivity index (χ1n) is 8.21. The van der Waals surface area contributed by atoms with E-state index in [2.05, 4.69) is 16.1 Å². The quantitative estimate of drug-likeness (QED) is 0.875. The van der Waals surface area contributed by atoms with Crippen molar-refractivity contribution in [3.63, 3.8) is 0 Å². The summed E-state index contributed by atoms with van der Waals surface area (Å²) in [6, 6.07) is 10.7. The lowest BCUT2D eigenvalue weighted by Crippen LogP contribution is -2.34. The van der Waals surface area contributed by atoms with E-state index in [0.717, 1.165) is 29.9 Å². The van der Waals surface area contributed by atoms with Crippen molar-refractivity contribution in [1.29, 1.82) is 0 Å². The summed E-state index contributed by atoms with van der Waals surface area (Å²) in [7, 11) is 0. The van der Waals surface area contributed by atoms with Crippen molar-refractivity contribution < 1.29 is 27.4 Å². The summed E-state index contributed by atoms with van der Waals surface area (Å²) in [6.07, 6.45) is -3.22. The highest BCUT2D eigenvalue weighted by Gasteiger charge is 2.31. The molecule has 1 aliphatic heterocycles. The normalized spacial score (nSPS) is 14.3. The lowest BCUT2D eigenvalue weighted by Gasteiger charge is -2.15. The fourth-order valence-corrected chi connectivity index (χ4v) is 2.89. The van der Waals surface area contributed by atoms with E-state index in [1.54, 1.807) is 0 Å². The third kappa shape index (κ3) is 4.68. The van der Waals surface area contributed by atoms with Gasteiger partial charge in [0.2, 0.25) is 0 Å². The van der Waals surface area contributed by atoms with Gasteiger partial charge in [0.15, 0.2) is 0 Å². The number of hydrogen-bond acceptors (Lipinski definition) is 3. The molecule has 1 atom stereocenters. The van der Waals surface area contributed by atoms with Crippen LogP contribution in [-0.2, 0) is 12.8 Å². The Hall–Kier alpha value is -2.70. The van der Waals surface area contributed by atoms with Crippen LogP contribution in [0.1, 0.15) is 28.4 Å². The summed E-state index contributed by atoms with van der Waals surface area (Å²) in [6.45, 7) is 2.57. The van der Waals surface area contributed by atoms with Gasteiger partial charge in [-0.1, -0.05) is 12.1 Å². The Balaban J connectivity index is 1.57. The number of fused-ring (bicyclic) bond motifs is 1. The van der Waals surface area contributed by atoms with Crippen LogP contribution >= 0.6 is 0 Å². The molecule has 0 saturated carbocycles. The Kier molecular flexibility index (Phi) is 5.06. The Morgan fingerprint density at radius 2 is 1.96 bits per heavy atom. The zero-order chi connectivity index (χ0) is 18.7. The van der Waals surface area contributed by atoms with Crippen LogP contribution in [0.25, 0.3) is 0 Å². The third-order valence-electron chi connectivity index (χ3n) is 4.02. The van der Waals surface area contributed by atoms with Gasteiger partial charge < -0.3 is 14.8 Å². The first-order valence-corrected chi connectivity index (χ1v) is 8.21. The molecule has 138 valence electrons. The summed E-state index contributed by atoms with van der Waals surface area (Å²) in [5.41, 5.74) is 2.53. The van der Waals surface area contributed by atoms with Crippen LogP contribution in [0.2, 0.25) is 0 Å². The van der Waals surface area contributed by atoms with Crippen LogP contribution in [0.5, 0.6) is 11.5 Å². The topological polar surface area (TPSA) is 47.6 Å². The molecule has 1 heterocycles. The third-order valence-corrected chi connectivity index (χ3v) is 4.02. The van der Waals surface area contributed by atoms with Crippen LogP contribution in [0.15, 0.2) is 42.5 Å². The standard InChI is InChI=1S/C19H18F3NO3/c1-12(10-13-2-7-17-15(11-13)8-9-25-17)23-18(24)14-3-5-16(6-4-14)26-19(20,21)22/h2-7,11-12H,8-10H2,1H3,(H,23,24). The molecule has 0 bridgehead atoms. The molecule has 0 saturated heterocycles. The highest BCUT2D eigenvalue weighted by Crippen LogP contribution is 2.26. The Morgan fingerprint density at radius 3 is 2.65 bits per heavy atom. The average molecular weight is 365 g/mol. The van der Waals surface area contributed by atoms with Gasteiger partial charge in [0.1, 0.15) is 11.5 Å². The van der Waals surface area contributed by atoms with Crippen LogP contribution < -0.4 is 14.8 Å². The summed E-state index contributed by atoms with van der Waals surface area (Å²) >= 11 is 0. The predicted octanol–water partition coefficient (Wildman–Crippen LogP) is 3.88. The summed E-state index contributed by atoms with van der Waals surface area (Å²) in [4.78, 5) is 12.2. The summed E-state index contributed by atoms with van der Waals surface area (Å²) in [5, 5.41) is 2.85. The van der Waals surface area contributed by atoms with Crippen molar-refractivity contribution in [1.82, 2.24) is 5.32 Å². The number of amides is 1. The molecule has 4 nitrogen and oxygen atoms in total. The van der Waals surface area contributed by atoms with Crippen molar-refractivity contribution in [3.8, 4) is 11.5 Å². The maximum absolute atomic E-state index is 12.2. The number of hydrogen-bond donors (Lipinski definition) is 1. The number of carbonyl (C=O) groups is 1. The van der Waals surface area contributed by atoms with Crippen LogP contribution in [0.4, 0.5) is 13.2 Å². The Morgan fingerprint density at radius 1 is 1.23 bits per heavy atom. The molecule has 1 amide bonds. The van der Waals surface area contributed by atoms with Crippen molar-refractivity contribution in [2.24, 2.45) is 0 Å². The van der Waals surface area contributed by atoms with Crippen LogP contribution in [-0.4, -0.2) is 24.9 Å². The van der Waals surface area contributed by atoms with Crippen molar-refractivity contribution in [3.05, 3.63) is 59.2 Å². The number of ether oxygens (including phenoxy) is 2. The number of alkyl halides is 3. The molecule has 0 fully saturated rings. The fourth-order valence-electron chi connectivity index (χ4n) is 2.89. The number of nitrogens with one attached hydrogen (secondary N) is 1. The van der Waals surface area contributed by atoms with Gasteiger partial charge in [-0.3, -0.25) is 4.79 Å². The zero-order valence-electron chi connectivity index (χ0n) is 14.1. The first-order chi connectivity index (χ1) is 12.3. The van der Waals surface area contributed by atoms with E-state index in [-0.39, 0.29) is 23.3 Å². The minimum atomic E-state index is -4.75. The Labute approximate surface area is 148 Å². The minimum absolute atomic E-state index is 0.131. The molecule has 1 N–H and O–H groups in total. The number of benzene rings is 2. The predicted molar refractivity (Wildman–Crippen MR) is 89.4 cm³/mol. The van der Waals surface area contributed by atoms with Gasteiger partial charge in [-0.25, -0.2) is 0 Å². The van der Waals surface area contributed by atoms with Crippen molar-refractivity contribution in [2.75, 3.05) is 6.61 Å². The second kappa shape index (κ2) is 7.27. The molecule has 0 radical (unpaired) electrons. The number of carbonyl (C=O) groups excluding carboxylic acids is 1. The molecule has 2 aromatic rings. The van der Waals surface area contributed by atoms with E-state index < -0.39 is 6.36 Å². The van der Waals surface area contributed by atoms with Crippen LogP contribution in [0.3, 0.4) is 0 Å². The van der Waals surface area contributed by atoms with Gasteiger partial charge in [-0.15, -0.1) is 13.2 Å². The van der Waals surface area contributed by atoms with E-state index >= 15 is 0 Å². The van der Waals surface area contributed by atoms with E-state index in [4.69, 9.17) is 4.74 Å². The maximum Gasteiger partial charge on any atom is 0.573 e. The second-order valence-corrected chi connectivity index (χ2v) is 6.19. The molecule has 2 aromatic carbocycles. The highest BCUT2D eigenvalue weighted by atomic mass is 19.4. The van der Waals surface area contributed by atoms with Crippen molar-refractivity contribution in [2.45, 2.75) is 32.2 Å². The Bertz CT molecular complexity index is 788. The van der Waals surface area contributed by atoms with Gasteiger partial charge >= 0.3 is 6.36 Å². The summed E-state index contributed by atoms with van der Waals surface area (Å²) < 4.78 is 45.7. The molecule has 7 heteroatoms. The first kappa shape index (κ1) is 18.1. The van der Waals surface area contributed by atoms with Gasteiger partial charge in [0.25, 0.3) is 5.91 Å². The minimum Gasteiger partial charge on any atom is -0.493 e. The smallest absolute Gasteiger partial charge is 0.493 e. The zero-order valence-corrected chi connectivity index (χ0v) is 14.1. The van der Waals surface area contributed by atoms with Gasteiger partial charge in [-0.05, 0) is 54.8 Å². The molecular weight excluding hydrogens is 347 g/mol. The van der Waals surface area contributed by atoms with Crippen LogP contribution in [0, 0.1) is 0 Å². The van der Waals surface area contributed by atoms with Gasteiger partial charge in [0, 0.05) is 18.0 Å². The molecule has 1 aliphatic rings. The molecular formula is C19H18F3NO3. The lowest BCUT2D eigenvalue weighted by atomic mass is 10.0. The monoisotopic (exact) mass is 365 g/mol. The highest BCUT2D eigenvalue weighted by molar-refractivity contribution is 5.94. The van der Waals surface area contributed by atoms with E-state index in [1.807, 2.05) is 19.1 Å². The van der Waals surface area contributed by atoms with E-state index in [0.29, 0.717) is 13.0 Å². The second-order valence-electron chi connectivity index (χ2n) is 6.19. The number of rotatable bonds is 5. The van der Waals surface area contributed by atoms with Gasteiger partial charge in [-0.2, -0.15) is 0 Å². The fraction of sp³-hybridized carbons (Fsp3) is 0.316. The maximum atomic E-state index is 12.2. The molecule has 0 aromatic heterocycles. The summed E-state index contributed by atoms with van der Waals surface area (Å²) in [5.74, 6) is 0.203. The van der Waals surface area contributed by atoms with E-state index in [1.165, 1.54) is 17.7 Å². The average Bonchev–Trinajstić information content (AvgIpc) is 3.01. The largest absolute Gasteiger partial charge is 0.573 e. The van der Waals surface area contributed by atoms with Crippen molar-refractivity contribution >= 4 is 5.91 Å². The molecule has 0 aliphatic carbocycles. The molecule has 3 rings (SSSR count). The van der Waals surface area contributed by atoms with E-state index in [9.17, 15) is 18.0 Å². The van der Waals surface area contributed by atoms with Gasteiger partial charge in [0.05, 0.1) is 6.61 Å². The molecule has 26 heavy (non-hydrogen) atoms. The SMILES string of the molecule is CC(Cc1ccc2c(c1)CCO2)NC(=O)c1ccc(OC(F)(F)F)cc1. The molecule has 0 spiro atoms. The molecule has 1 unspecified atom stereocenters. The number of halogens is 3. The lowest BCUT2D eigenvalue weighted by molar-refractivity contribution is -0.274.